The number of pyridine rings is 1. The Kier molecular flexibility index (Phi) is 3.12. The first-order valence-corrected chi connectivity index (χ1v) is 6.65. The molecule has 3 aromatic rings. The first kappa shape index (κ1) is 12.4. The van der Waals surface area contributed by atoms with E-state index < -0.39 is 0 Å². The minimum Gasteiger partial charge on any atom is -0.451 e. The van der Waals surface area contributed by atoms with Crippen LogP contribution in [0.3, 0.4) is 0 Å². The van der Waals surface area contributed by atoms with Gasteiger partial charge in [0.25, 0.3) is 0 Å². The molecule has 0 N–H and O–H groups in total. The molecule has 0 unspecified atom stereocenters. The number of aromatic nitrogens is 1. The summed E-state index contributed by atoms with van der Waals surface area (Å²) in [6.07, 6.45) is 3.12. The number of halogens is 2. The van der Waals surface area contributed by atoms with E-state index in [9.17, 15) is 4.79 Å². The lowest BCUT2D eigenvalue weighted by Gasteiger charge is -1.97. The maximum atomic E-state index is 12.3. The molecule has 0 bridgehead atoms. The Bertz CT molecular complexity index is 782. The Hall–Kier alpha value is -1.65. The van der Waals surface area contributed by atoms with Crippen LogP contribution in [-0.2, 0) is 0 Å². The number of hydrogen-bond donors (Lipinski definition) is 0. The monoisotopic (exact) mass is 335 g/mol. The number of hydrogen-bond acceptors (Lipinski definition) is 3. The van der Waals surface area contributed by atoms with Gasteiger partial charge in [0.1, 0.15) is 0 Å². The van der Waals surface area contributed by atoms with E-state index in [-0.39, 0.29) is 11.5 Å². The zero-order valence-electron chi connectivity index (χ0n) is 9.56. The molecule has 0 radical (unpaired) electrons. The summed E-state index contributed by atoms with van der Waals surface area (Å²) in [7, 11) is 0. The molecule has 2 aromatic heterocycles. The zero-order chi connectivity index (χ0) is 13.4. The number of benzene rings is 1. The fourth-order valence-corrected chi connectivity index (χ4v) is 2.40. The van der Waals surface area contributed by atoms with E-state index >= 15 is 0 Å². The Labute approximate surface area is 122 Å². The van der Waals surface area contributed by atoms with Crippen LogP contribution in [0.5, 0.6) is 0 Å². The van der Waals surface area contributed by atoms with Gasteiger partial charge in [0.05, 0.1) is 5.02 Å². The summed E-state index contributed by atoms with van der Waals surface area (Å²) in [6.45, 7) is 0. The molecule has 0 amide bonds. The molecule has 0 saturated heterocycles. The fourth-order valence-electron chi connectivity index (χ4n) is 1.82. The Morgan fingerprint density at radius 1 is 1.26 bits per heavy atom. The Morgan fingerprint density at radius 3 is 2.84 bits per heavy atom. The predicted octanol–water partition coefficient (Wildman–Crippen LogP) is 4.47. The summed E-state index contributed by atoms with van der Waals surface area (Å²) >= 11 is 9.30. The van der Waals surface area contributed by atoms with Gasteiger partial charge in [-0.1, -0.05) is 23.7 Å². The van der Waals surface area contributed by atoms with Crippen LogP contribution in [0.25, 0.3) is 11.0 Å². The number of carbonyl (C=O) groups excluding carboxylic acids is 1. The highest BCUT2D eigenvalue weighted by Gasteiger charge is 2.16. The highest BCUT2D eigenvalue weighted by molar-refractivity contribution is 9.10. The second-order valence-corrected chi connectivity index (χ2v) is 5.31. The van der Waals surface area contributed by atoms with E-state index in [2.05, 4.69) is 20.9 Å². The average molecular weight is 337 g/mol. The third-order valence-electron chi connectivity index (χ3n) is 2.69. The average Bonchev–Trinajstić information content (AvgIpc) is 2.83. The van der Waals surface area contributed by atoms with Crippen LogP contribution in [0, 0.1) is 0 Å². The van der Waals surface area contributed by atoms with E-state index in [1.807, 2.05) is 12.1 Å². The highest BCUT2D eigenvalue weighted by Crippen LogP contribution is 2.27. The standard InChI is InChI=1S/C14H7BrClNO2/c15-10-4-9(6-17-7-10)13(18)12-5-8-2-1-3-11(16)14(8)19-12/h1-7H. The number of para-hydroxylation sites is 1. The summed E-state index contributed by atoms with van der Waals surface area (Å²) in [4.78, 5) is 16.2. The molecule has 2 heterocycles. The van der Waals surface area contributed by atoms with Gasteiger partial charge in [-0.25, -0.2) is 0 Å². The number of rotatable bonds is 2. The quantitative estimate of drug-likeness (QED) is 0.648. The van der Waals surface area contributed by atoms with Crippen molar-refractivity contribution in [2.24, 2.45) is 0 Å². The molecule has 0 spiro atoms. The maximum absolute atomic E-state index is 12.3. The normalized spacial score (nSPS) is 10.8. The SMILES string of the molecule is O=C(c1cncc(Br)c1)c1cc2cccc(Cl)c2o1. The molecule has 3 nitrogen and oxygen atoms in total. The van der Waals surface area contributed by atoms with Crippen molar-refractivity contribution in [3.05, 3.63) is 63.5 Å². The maximum Gasteiger partial charge on any atom is 0.229 e. The molecular weight excluding hydrogens is 330 g/mol. The second-order valence-electron chi connectivity index (χ2n) is 3.99. The lowest BCUT2D eigenvalue weighted by Crippen LogP contribution is -1.99. The highest BCUT2D eigenvalue weighted by atomic mass is 79.9. The van der Waals surface area contributed by atoms with Gasteiger partial charge in [-0.2, -0.15) is 0 Å². The van der Waals surface area contributed by atoms with Crippen LogP contribution in [0.2, 0.25) is 5.02 Å². The van der Waals surface area contributed by atoms with Crippen LogP contribution in [0.15, 0.2) is 51.6 Å². The summed E-state index contributed by atoms with van der Waals surface area (Å²) in [5, 5.41) is 1.29. The summed E-state index contributed by atoms with van der Waals surface area (Å²) < 4.78 is 6.27. The molecule has 94 valence electrons. The molecule has 0 saturated carbocycles. The van der Waals surface area contributed by atoms with Crippen LogP contribution in [0.1, 0.15) is 16.1 Å². The number of nitrogens with zero attached hydrogens (tertiary/aromatic N) is 1. The molecule has 0 fully saturated rings. The van der Waals surface area contributed by atoms with Gasteiger partial charge in [-0.3, -0.25) is 9.78 Å². The van der Waals surface area contributed by atoms with E-state index in [0.717, 1.165) is 9.86 Å². The molecule has 0 aliphatic carbocycles. The van der Waals surface area contributed by atoms with Crippen molar-refractivity contribution in [2.45, 2.75) is 0 Å². The minimum atomic E-state index is -0.221. The first-order valence-electron chi connectivity index (χ1n) is 5.48. The van der Waals surface area contributed by atoms with Crippen LogP contribution < -0.4 is 0 Å². The largest absolute Gasteiger partial charge is 0.451 e. The smallest absolute Gasteiger partial charge is 0.229 e. The van der Waals surface area contributed by atoms with Gasteiger partial charge in [0, 0.05) is 27.8 Å². The van der Waals surface area contributed by atoms with Crippen molar-refractivity contribution >= 4 is 44.3 Å². The number of ketones is 1. The third kappa shape index (κ3) is 2.29. The molecule has 0 aliphatic rings. The molecule has 3 rings (SSSR count). The van der Waals surface area contributed by atoms with Gasteiger partial charge >= 0.3 is 0 Å². The van der Waals surface area contributed by atoms with Gasteiger partial charge in [-0.15, -0.1) is 0 Å². The molecule has 0 aliphatic heterocycles. The van der Waals surface area contributed by atoms with Crippen molar-refractivity contribution < 1.29 is 9.21 Å². The van der Waals surface area contributed by atoms with Gasteiger partial charge < -0.3 is 4.42 Å². The lowest BCUT2D eigenvalue weighted by molar-refractivity contribution is 0.101. The number of fused-ring (bicyclic) bond motifs is 1. The topological polar surface area (TPSA) is 43.1 Å². The lowest BCUT2D eigenvalue weighted by atomic mass is 10.1. The van der Waals surface area contributed by atoms with E-state index in [1.165, 1.54) is 6.20 Å². The van der Waals surface area contributed by atoms with E-state index in [4.69, 9.17) is 16.0 Å². The molecule has 5 heteroatoms. The van der Waals surface area contributed by atoms with Crippen molar-refractivity contribution in [3.8, 4) is 0 Å². The Balaban J connectivity index is 2.09. The summed E-state index contributed by atoms with van der Waals surface area (Å²) in [6, 6.07) is 8.77. The number of furan rings is 1. The second kappa shape index (κ2) is 4.79. The first-order chi connectivity index (χ1) is 9.15. The van der Waals surface area contributed by atoms with E-state index in [1.54, 1.807) is 24.4 Å². The summed E-state index contributed by atoms with van der Waals surface area (Å²) in [5.74, 6) is 0.0315. The van der Waals surface area contributed by atoms with Crippen molar-refractivity contribution in [2.75, 3.05) is 0 Å². The predicted molar refractivity (Wildman–Crippen MR) is 76.6 cm³/mol. The minimum absolute atomic E-state index is 0.221. The van der Waals surface area contributed by atoms with Crippen LogP contribution >= 0.6 is 27.5 Å². The van der Waals surface area contributed by atoms with Gasteiger partial charge in [-0.05, 0) is 34.1 Å². The fraction of sp³-hybridized carbons (Fsp3) is 0. The zero-order valence-corrected chi connectivity index (χ0v) is 11.9. The van der Waals surface area contributed by atoms with Gasteiger partial charge in [0.15, 0.2) is 11.3 Å². The van der Waals surface area contributed by atoms with Crippen LogP contribution in [0.4, 0.5) is 0 Å². The molecule has 0 atom stereocenters. The van der Waals surface area contributed by atoms with Crippen LogP contribution in [-0.4, -0.2) is 10.8 Å². The number of carbonyl (C=O) groups is 1. The van der Waals surface area contributed by atoms with Crippen molar-refractivity contribution in [1.29, 1.82) is 0 Å². The van der Waals surface area contributed by atoms with Crippen molar-refractivity contribution in [1.82, 2.24) is 4.98 Å². The molecule has 1 aromatic carbocycles. The van der Waals surface area contributed by atoms with Gasteiger partial charge in [0.2, 0.25) is 5.78 Å². The third-order valence-corrected chi connectivity index (χ3v) is 3.42. The molecule has 19 heavy (non-hydrogen) atoms. The van der Waals surface area contributed by atoms with Crippen molar-refractivity contribution in [3.63, 3.8) is 0 Å². The van der Waals surface area contributed by atoms with E-state index in [0.29, 0.717) is 16.2 Å². The summed E-state index contributed by atoms with van der Waals surface area (Å²) in [5.41, 5.74) is 0.986. The Morgan fingerprint density at radius 2 is 2.11 bits per heavy atom. The molecular formula is C14H7BrClNO2.